The van der Waals surface area contributed by atoms with Crippen LogP contribution in [0.15, 0.2) is 66.7 Å². The van der Waals surface area contributed by atoms with E-state index in [4.69, 9.17) is 14.9 Å². The van der Waals surface area contributed by atoms with Gasteiger partial charge in [-0.25, -0.2) is 9.59 Å². The van der Waals surface area contributed by atoms with Crippen molar-refractivity contribution in [1.29, 1.82) is 0 Å². The number of carboxylic acid groups (broad SMARTS) is 2. The Morgan fingerprint density at radius 2 is 1.52 bits per heavy atom. The predicted octanol–water partition coefficient (Wildman–Crippen LogP) is 4.15. The molecule has 2 aliphatic rings. The quantitative estimate of drug-likeness (QED) is 0.492. The van der Waals surface area contributed by atoms with E-state index in [1.165, 1.54) is 37.8 Å². The molecular weight excluding hydrogens is 420 g/mol. The van der Waals surface area contributed by atoms with Gasteiger partial charge in [0.05, 0.1) is 0 Å². The Kier molecular flexibility index (Phi) is 9.47. The summed E-state index contributed by atoms with van der Waals surface area (Å²) in [5.41, 5.74) is 1.30. The van der Waals surface area contributed by atoms with Crippen LogP contribution in [-0.4, -0.2) is 52.7 Å². The Bertz CT molecular complexity index is 905. The molecule has 1 aliphatic heterocycles. The van der Waals surface area contributed by atoms with Gasteiger partial charge in [0.1, 0.15) is 11.5 Å². The number of para-hydroxylation sites is 2. The highest BCUT2D eigenvalue weighted by Gasteiger charge is 2.29. The van der Waals surface area contributed by atoms with Gasteiger partial charge in [-0.3, -0.25) is 4.90 Å². The highest BCUT2D eigenvalue weighted by molar-refractivity contribution is 5.89. The molecule has 2 aromatic rings. The molecule has 0 amide bonds. The van der Waals surface area contributed by atoms with Crippen LogP contribution in [-0.2, 0) is 16.1 Å². The van der Waals surface area contributed by atoms with Crippen LogP contribution < -0.4 is 10.1 Å². The van der Waals surface area contributed by atoms with Crippen molar-refractivity contribution in [1.82, 2.24) is 10.2 Å². The number of hydrogen-bond donors (Lipinski definition) is 3. The van der Waals surface area contributed by atoms with E-state index >= 15 is 0 Å². The van der Waals surface area contributed by atoms with Crippen molar-refractivity contribution in [3.8, 4) is 11.5 Å². The topological polar surface area (TPSA) is 99.1 Å². The lowest BCUT2D eigenvalue weighted by Crippen LogP contribution is -2.43. The summed E-state index contributed by atoms with van der Waals surface area (Å²) in [7, 11) is 0. The smallest absolute Gasteiger partial charge is 0.328 e. The van der Waals surface area contributed by atoms with Crippen LogP contribution in [0.3, 0.4) is 0 Å². The summed E-state index contributed by atoms with van der Waals surface area (Å²) >= 11 is 0. The highest BCUT2D eigenvalue weighted by atomic mass is 16.5. The molecule has 0 atom stereocenters. The number of carbonyl (C=O) groups is 2. The number of nitrogens with one attached hydrogen (secondary N) is 1. The summed E-state index contributed by atoms with van der Waals surface area (Å²) in [5, 5.41) is 19.1. The van der Waals surface area contributed by atoms with E-state index in [2.05, 4.69) is 34.5 Å². The van der Waals surface area contributed by atoms with Gasteiger partial charge < -0.3 is 20.3 Å². The number of nitrogens with zero attached hydrogens (tertiary/aromatic N) is 1. The second kappa shape index (κ2) is 12.8. The summed E-state index contributed by atoms with van der Waals surface area (Å²) in [6.07, 6.45) is 6.45. The van der Waals surface area contributed by atoms with E-state index in [0.717, 1.165) is 37.1 Å². The molecule has 1 saturated carbocycles. The summed E-state index contributed by atoms with van der Waals surface area (Å²) in [6.45, 7) is 4.52. The maximum absolute atomic E-state index is 9.55. The molecule has 1 saturated heterocycles. The summed E-state index contributed by atoms with van der Waals surface area (Å²) in [4.78, 5) is 21.8. The molecule has 0 spiro atoms. The first kappa shape index (κ1) is 24.5. The molecular formula is C26H32N2O5. The molecule has 4 rings (SSSR count). The lowest BCUT2D eigenvalue weighted by molar-refractivity contribution is -0.134. The van der Waals surface area contributed by atoms with E-state index in [1.54, 1.807) is 0 Å². The Labute approximate surface area is 194 Å². The van der Waals surface area contributed by atoms with E-state index in [1.807, 2.05) is 30.3 Å². The third-order valence-electron chi connectivity index (χ3n) is 5.70. The average Bonchev–Trinajstić information content (AvgIpc) is 3.64. The summed E-state index contributed by atoms with van der Waals surface area (Å²) in [6, 6.07) is 19.3. The third-order valence-corrected chi connectivity index (χ3v) is 5.70. The fourth-order valence-corrected chi connectivity index (χ4v) is 3.86. The van der Waals surface area contributed by atoms with E-state index in [9.17, 15) is 9.59 Å². The standard InChI is InChI=1S/C22H28N2O.C4H4O4/c1-2-7-21(8-3-1)25-22-9-5-4-6-19(22)17-24(16-18-10-11-18)20-12-14-23-15-13-20;5-3(6)1-2-4(7)8/h1-9,18,20,23H,10-17H2;1-2H,(H,5,6)(H,7,8). The van der Waals surface area contributed by atoms with Gasteiger partial charge in [0.2, 0.25) is 0 Å². The number of rotatable bonds is 9. The van der Waals surface area contributed by atoms with Crippen molar-refractivity contribution in [3.63, 3.8) is 0 Å². The van der Waals surface area contributed by atoms with Crippen molar-refractivity contribution in [3.05, 3.63) is 72.3 Å². The molecule has 1 heterocycles. The number of hydrogen-bond acceptors (Lipinski definition) is 5. The molecule has 2 fully saturated rings. The van der Waals surface area contributed by atoms with Gasteiger partial charge in [-0.05, 0) is 62.9 Å². The number of carboxylic acids is 2. The summed E-state index contributed by atoms with van der Waals surface area (Å²) < 4.78 is 6.18. The fraction of sp³-hybridized carbons (Fsp3) is 0.385. The normalized spacial score (nSPS) is 16.3. The Hall–Kier alpha value is -3.16. The third kappa shape index (κ3) is 9.08. The van der Waals surface area contributed by atoms with Crippen LogP contribution in [0.1, 0.15) is 31.2 Å². The van der Waals surface area contributed by atoms with Gasteiger partial charge in [-0.2, -0.15) is 0 Å². The maximum Gasteiger partial charge on any atom is 0.328 e. The number of ether oxygens (including phenoxy) is 1. The van der Waals surface area contributed by atoms with E-state index in [-0.39, 0.29) is 0 Å². The van der Waals surface area contributed by atoms with Crippen LogP contribution in [0, 0.1) is 5.92 Å². The molecule has 176 valence electrons. The minimum absolute atomic E-state index is 0.558. The van der Waals surface area contributed by atoms with Crippen LogP contribution in [0.2, 0.25) is 0 Å². The van der Waals surface area contributed by atoms with Crippen molar-refractivity contribution in [2.45, 2.75) is 38.3 Å². The van der Waals surface area contributed by atoms with Crippen molar-refractivity contribution in [2.75, 3.05) is 19.6 Å². The Morgan fingerprint density at radius 1 is 0.909 bits per heavy atom. The number of piperidine rings is 1. The molecule has 2 aromatic carbocycles. The van der Waals surface area contributed by atoms with Gasteiger partial charge in [-0.1, -0.05) is 36.4 Å². The molecule has 33 heavy (non-hydrogen) atoms. The second-order valence-electron chi connectivity index (χ2n) is 8.39. The van der Waals surface area contributed by atoms with Crippen molar-refractivity contribution in [2.24, 2.45) is 5.92 Å². The number of aliphatic carboxylic acids is 2. The van der Waals surface area contributed by atoms with Crippen LogP contribution >= 0.6 is 0 Å². The fourth-order valence-electron chi connectivity index (χ4n) is 3.86. The van der Waals surface area contributed by atoms with Crippen LogP contribution in [0.5, 0.6) is 11.5 Å². The second-order valence-corrected chi connectivity index (χ2v) is 8.39. The molecule has 7 heteroatoms. The largest absolute Gasteiger partial charge is 0.478 e. The van der Waals surface area contributed by atoms with Crippen LogP contribution in [0.25, 0.3) is 0 Å². The monoisotopic (exact) mass is 452 g/mol. The lowest BCUT2D eigenvalue weighted by Gasteiger charge is -2.35. The minimum atomic E-state index is -1.26. The molecule has 0 bridgehead atoms. The van der Waals surface area contributed by atoms with Crippen LogP contribution in [0.4, 0.5) is 0 Å². The van der Waals surface area contributed by atoms with Crippen molar-refractivity contribution >= 4 is 11.9 Å². The van der Waals surface area contributed by atoms with Crippen molar-refractivity contribution < 1.29 is 24.5 Å². The lowest BCUT2D eigenvalue weighted by atomic mass is 10.0. The Balaban J connectivity index is 0.000000331. The van der Waals surface area contributed by atoms with E-state index in [0.29, 0.717) is 18.2 Å². The first-order valence-electron chi connectivity index (χ1n) is 11.4. The van der Waals surface area contributed by atoms with Gasteiger partial charge in [0, 0.05) is 36.8 Å². The highest BCUT2D eigenvalue weighted by Crippen LogP contribution is 2.33. The van der Waals surface area contributed by atoms with Gasteiger partial charge in [-0.15, -0.1) is 0 Å². The SMILES string of the molecule is O=C(O)C=CC(=O)O.c1ccc(Oc2ccccc2CN(CC2CC2)C2CCNCC2)cc1. The molecule has 1 aliphatic carbocycles. The molecule has 0 aromatic heterocycles. The Morgan fingerprint density at radius 3 is 2.12 bits per heavy atom. The van der Waals surface area contributed by atoms with Gasteiger partial charge in [0.15, 0.2) is 0 Å². The zero-order valence-electron chi connectivity index (χ0n) is 18.7. The zero-order valence-corrected chi connectivity index (χ0v) is 18.7. The molecule has 3 N–H and O–H groups in total. The predicted molar refractivity (Wildman–Crippen MR) is 126 cm³/mol. The zero-order chi connectivity index (χ0) is 23.5. The van der Waals surface area contributed by atoms with Gasteiger partial charge in [0.25, 0.3) is 0 Å². The minimum Gasteiger partial charge on any atom is -0.478 e. The first-order chi connectivity index (χ1) is 16.0. The summed E-state index contributed by atoms with van der Waals surface area (Å²) in [5.74, 6) is 0.297. The first-order valence-corrected chi connectivity index (χ1v) is 11.4. The van der Waals surface area contributed by atoms with Gasteiger partial charge >= 0.3 is 11.9 Å². The number of benzene rings is 2. The molecule has 0 unspecified atom stereocenters. The average molecular weight is 453 g/mol. The van der Waals surface area contributed by atoms with E-state index < -0.39 is 11.9 Å². The molecule has 7 nitrogen and oxygen atoms in total. The maximum atomic E-state index is 9.55. The molecule has 0 radical (unpaired) electrons.